The Labute approximate surface area is 127 Å². The molecule has 20 heavy (non-hydrogen) atoms. The van der Waals surface area contributed by atoms with Crippen molar-refractivity contribution in [2.45, 2.75) is 25.2 Å². The first-order valence-electron chi connectivity index (χ1n) is 6.78. The second-order valence-electron chi connectivity index (χ2n) is 5.10. The molecule has 0 bridgehead atoms. The minimum Gasteiger partial charge on any atom is -0.319 e. The molecule has 1 atom stereocenters. The zero-order valence-corrected chi connectivity index (χ0v) is 12.8. The zero-order chi connectivity index (χ0) is 14.1. The summed E-state index contributed by atoms with van der Waals surface area (Å²) in [6.45, 7) is 0.959. The molecule has 1 N–H and O–H groups in total. The van der Waals surface area contributed by atoms with Crippen LogP contribution in [0.15, 0.2) is 18.2 Å². The van der Waals surface area contributed by atoms with Gasteiger partial charge in [0.2, 0.25) is 0 Å². The Balaban J connectivity index is 1.97. The zero-order valence-electron chi connectivity index (χ0n) is 11.2. The molecule has 0 amide bonds. The predicted molar refractivity (Wildman–Crippen MR) is 82.1 cm³/mol. The van der Waals surface area contributed by atoms with Crippen molar-refractivity contribution in [3.8, 4) is 10.6 Å². The van der Waals surface area contributed by atoms with E-state index in [-0.39, 0.29) is 10.8 Å². The largest absolute Gasteiger partial charge is 0.319 e. The summed E-state index contributed by atoms with van der Waals surface area (Å²) in [6, 6.07) is 4.82. The van der Waals surface area contributed by atoms with Crippen LogP contribution in [0, 0.1) is 5.82 Å². The van der Waals surface area contributed by atoms with Gasteiger partial charge in [-0.2, -0.15) is 0 Å². The van der Waals surface area contributed by atoms with Crippen LogP contribution in [0.5, 0.6) is 0 Å². The number of hydrogen-bond acceptors (Lipinski definition) is 3. The molecule has 2 nitrogen and oxygen atoms in total. The number of thiazole rings is 1. The smallest absolute Gasteiger partial charge is 0.141 e. The van der Waals surface area contributed by atoms with E-state index in [0.29, 0.717) is 5.92 Å². The van der Waals surface area contributed by atoms with Crippen LogP contribution in [0.25, 0.3) is 10.6 Å². The number of aryl methyl sites for hydroxylation is 1. The molecule has 5 heteroatoms. The van der Waals surface area contributed by atoms with Gasteiger partial charge in [0, 0.05) is 22.9 Å². The van der Waals surface area contributed by atoms with Crippen molar-refractivity contribution >= 4 is 22.9 Å². The Morgan fingerprint density at radius 3 is 3.10 bits per heavy atom. The third kappa shape index (κ3) is 2.60. The molecule has 1 heterocycles. The van der Waals surface area contributed by atoms with Gasteiger partial charge in [-0.15, -0.1) is 11.3 Å². The molecular weight excluding hydrogens is 295 g/mol. The second-order valence-corrected chi connectivity index (χ2v) is 6.59. The van der Waals surface area contributed by atoms with Crippen LogP contribution >= 0.6 is 22.9 Å². The quantitative estimate of drug-likeness (QED) is 0.917. The van der Waals surface area contributed by atoms with Crippen LogP contribution in [0.1, 0.15) is 29.3 Å². The summed E-state index contributed by atoms with van der Waals surface area (Å²) in [4.78, 5) is 6.16. The van der Waals surface area contributed by atoms with Crippen LogP contribution in [-0.2, 0) is 6.42 Å². The summed E-state index contributed by atoms with van der Waals surface area (Å²) >= 11 is 7.57. The molecular formula is C15H16ClFN2S. The van der Waals surface area contributed by atoms with E-state index in [2.05, 4.69) is 5.32 Å². The van der Waals surface area contributed by atoms with Crippen molar-refractivity contribution in [1.82, 2.24) is 10.3 Å². The lowest BCUT2D eigenvalue weighted by atomic mass is 9.91. The van der Waals surface area contributed by atoms with Gasteiger partial charge in [0.05, 0.1) is 10.7 Å². The lowest BCUT2D eigenvalue weighted by Crippen LogP contribution is -2.20. The molecule has 106 valence electrons. The molecule has 1 aliphatic rings. The van der Waals surface area contributed by atoms with E-state index < -0.39 is 0 Å². The first kappa shape index (κ1) is 14.0. The Bertz CT molecular complexity index is 626. The van der Waals surface area contributed by atoms with Gasteiger partial charge in [-0.25, -0.2) is 9.37 Å². The lowest BCUT2D eigenvalue weighted by Gasteiger charge is -2.20. The van der Waals surface area contributed by atoms with Crippen molar-refractivity contribution in [3.05, 3.63) is 39.6 Å². The normalized spacial score (nSPS) is 18.1. The van der Waals surface area contributed by atoms with Gasteiger partial charge in [0.1, 0.15) is 10.8 Å². The summed E-state index contributed by atoms with van der Waals surface area (Å²) < 4.78 is 13.2. The van der Waals surface area contributed by atoms with Crippen LogP contribution in [0.4, 0.5) is 4.39 Å². The molecule has 0 spiro atoms. The number of aromatic nitrogens is 1. The molecule has 3 rings (SSSR count). The second kappa shape index (κ2) is 5.80. The van der Waals surface area contributed by atoms with Crippen molar-refractivity contribution in [2.75, 3.05) is 13.6 Å². The van der Waals surface area contributed by atoms with E-state index in [1.807, 2.05) is 7.05 Å². The number of rotatable bonds is 3. The summed E-state index contributed by atoms with van der Waals surface area (Å²) in [7, 11) is 1.97. The Kier molecular flexibility index (Phi) is 4.06. The topological polar surface area (TPSA) is 24.9 Å². The molecule has 1 aromatic carbocycles. The highest BCUT2D eigenvalue weighted by Gasteiger charge is 2.24. The number of nitrogens with one attached hydrogen (secondary N) is 1. The summed E-state index contributed by atoms with van der Waals surface area (Å²) in [5.41, 5.74) is 2.12. The highest BCUT2D eigenvalue weighted by molar-refractivity contribution is 7.15. The average molecular weight is 311 g/mol. The molecule has 0 radical (unpaired) electrons. The molecule has 0 aliphatic heterocycles. The van der Waals surface area contributed by atoms with Gasteiger partial charge in [-0.3, -0.25) is 0 Å². The molecule has 0 saturated heterocycles. The fourth-order valence-electron chi connectivity index (χ4n) is 2.71. The van der Waals surface area contributed by atoms with Crippen molar-refractivity contribution in [2.24, 2.45) is 0 Å². The van der Waals surface area contributed by atoms with Crippen LogP contribution in [0.3, 0.4) is 0 Å². The van der Waals surface area contributed by atoms with E-state index in [9.17, 15) is 4.39 Å². The first-order chi connectivity index (χ1) is 9.69. The van der Waals surface area contributed by atoms with Gasteiger partial charge in [0.15, 0.2) is 0 Å². The van der Waals surface area contributed by atoms with Crippen LogP contribution < -0.4 is 5.32 Å². The molecule has 1 aliphatic carbocycles. The highest BCUT2D eigenvalue weighted by Crippen LogP contribution is 2.38. The Morgan fingerprint density at radius 1 is 1.50 bits per heavy atom. The summed E-state index contributed by atoms with van der Waals surface area (Å²) in [5, 5.41) is 4.34. The Hall–Kier alpha value is -0.970. The van der Waals surface area contributed by atoms with Crippen molar-refractivity contribution < 1.29 is 4.39 Å². The fourth-order valence-corrected chi connectivity index (χ4v) is 4.07. The van der Waals surface area contributed by atoms with Gasteiger partial charge in [-0.05, 0) is 44.5 Å². The molecule has 1 unspecified atom stereocenters. The number of fused-ring (bicyclic) bond motifs is 1. The van der Waals surface area contributed by atoms with E-state index >= 15 is 0 Å². The van der Waals surface area contributed by atoms with Gasteiger partial charge in [0.25, 0.3) is 0 Å². The maximum atomic E-state index is 13.2. The van der Waals surface area contributed by atoms with Gasteiger partial charge in [-0.1, -0.05) is 11.6 Å². The Morgan fingerprint density at radius 2 is 2.35 bits per heavy atom. The average Bonchev–Trinajstić information content (AvgIpc) is 2.87. The van der Waals surface area contributed by atoms with E-state index in [1.54, 1.807) is 23.5 Å². The van der Waals surface area contributed by atoms with Crippen LogP contribution in [-0.4, -0.2) is 18.6 Å². The standard InChI is InChI=1S/C15H16ClFN2S/c1-18-8-10-3-2-4-13-14(10)19-15(20-13)9-5-6-12(17)11(16)7-9/h5-7,10,18H,2-4,8H2,1H3. The number of benzene rings is 1. The molecule has 0 saturated carbocycles. The highest BCUT2D eigenvalue weighted by atomic mass is 35.5. The van der Waals surface area contributed by atoms with E-state index in [1.165, 1.54) is 29.5 Å². The predicted octanol–water partition coefficient (Wildman–Crippen LogP) is 4.24. The SMILES string of the molecule is CNCC1CCCc2sc(-c3ccc(F)c(Cl)c3)nc21. The maximum absolute atomic E-state index is 13.2. The lowest BCUT2D eigenvalue weighted by molar-refractivity contribution is 0.523. The molecule has 1 aromatic heterocycles. The number of likely N-dealkylation sites (N-methyl/N-ethyl adjacent to an activating group) is 1. The third-order valence-electron chi connectivity index (χ3n) is 3.69. The summed E-state index contributed by atoms with van der Waals surface area (Å²) in [5.74, 6) is 0.106. The van der Waals surface area contributed by atoms with Crippen LogP contribution in [0.2, 0.25) is 5.02 Å². The minimum absolute atomic E-state index is 0.155. The van der Waals surface area contributed by atoms with E-state index in [4.69, 9.17) is 16.6 Å². The number of nitrogens with zero attached hydrogens (tertiary/aromatic N) is 1. The van der Waals surface area contributed by atoms with Crippen molar-refractivity contribution in [3.63, 3.8) is 0 Å². The first-order valence-corrected chi connectivity index (χ1v) is 7.98. The number of halogens is 2. The van der Waals surface area contributed by atoms with Gasteiger partial charge < -0.3 is 5.32 Å². The van der Waals surface area contributed by atoms with E-state index in [0.717, 1.165) is 23.5 Å². The number of hydrogen-bond donors (Lipinski definition) is 1. The molecule has 0 fully saturated rings. The fraction of sp³-hybridized carbons (Fsp3) is 0.400. The van der Waals surface area contributed by atoms with Crippen molar-refractivity contribution in [1.29, 1.82) is 0 Å². The third-order valence-corrected chi connectivity index (χ3v) is 5.16. The minimum atomic E-state index is -0.384. The maximum Gasteiger partial charge on any atom is 0.141 e. The summed E-state index contributed by atoms with van der Waals surface area (Å²) in [6.07, 6.45) is 3.49. The molecule has 2 aromatic rings. The van der Waals surface area contributed by atoms with Gasteiger partial charge >= 0.3 is 0 Å². The monoisotopic (exact) mass is 310 g/mol.